The fraction of sp³-hybridized carbons (Fsp3) is 0.154. The fourth-order valence-electron chi connectivity index (χ4n) is 4.01. The summed E-state index contributed by atoms with van der Waals surface area (Å²) in [7, 11) is 1.43. The molecule has 5 nitrogen and oxygen atoms in total. The highest BCUT2D eigenvalue weighted by Crippen LogP contribution is 2.41. The predicted octanol–water partition coefficient (Wildman–Crippen LogP) is 5.81. The quantitative estimate of drug-likeness (QED) is 0.264. The molecular weight excluding hydrogens is 480 g/mol. The zero-order chi connectivity index (χ0) is 24.4. The smallest absolute Gasteiger partial charge is 0.295 e. The second kappa shape index (κ2) is 9.87. The van der Waals surface area contributed by atoms with Crippen LogP contribution in [-0.2, 0) is 16.0 Å². The Kier molecular flexibility index (Phi) is 6.91. The molecule has 1 fully saturated rings. The summed E-state index contributed by atoms with van der Waals surface area (Å²) in [4.78, 5) is 27.7. The molecule has 0 saturated carbocycles. The Labute approximate surface area is 206 Å². The van der Waals surface area contributed by atoms with Gasteiger partial charge in [-0.2, -0.15) is 0 Å². The minimum atomic E-state index is -0.860. The number of nitrogens with zero attached hydrogens (tertiary/aromatic N) is 1. The zero-order valence-corrected chi connectivity index (χ0v) is 19.6. The van der Waals surface area contributed by atoms with Crippen LogP contribution in [-0.4, -0.2) is 35.4 Å². The fourth-order valence-corrected chi connectivity index (χ4v) is 4.31. The van der Waals surface area contributed by atoms with Gasteiger partial charge in [0, 0.05) is 16.6 Å². The van der Waals surface area contributed by atoms with Gasteiger partial charge in [0.15, 0.2) is 0 Å². The molecule has 0 radical (unpaired) electrons. The molecule has 0 aliphatic carbocycles. The van der Waals surface area contributed by atoms with Gasteiger partial charge in [-0.1, -0.05) is 47.5 Å². The van der Waals surface area contributed by atoms with Gasteiger partial charge in [0.1, 0.15) is 17.3 Å². The van der Waals surface area contributed by atoms with Crippen molar-refractivity contribution in [3.8, 4) is 5.75 Å². The lowest BCUT2D eigenvalue weighted by Gasteiger charge is -2.25. The van der Waals surface area contributed by atoms with E-state index in [9.17, 15) is 19.1 Å². The third-order valence-corrected chi connectivity index (χ3v) is 6.18. The molecule has 1 N–H and O–H groups in total. The molecule has 1 atom stereocenters. The van der Waals surface area contributed by atoms with Crippen LogP contribution < -0.4 is 4.74 Å². The van der Waals surface area contributed by atoms with E-state index in [4.69, 9.17) is 27.9 Å². The first-order valence-electron chi connectivity index (χ1n) is 10.4. The van der Waals surface area contributed by atoms with Crippen LogP contribution >= 0.6 is 23.2 Å². The summed E-state index contributed by atoms with van der Waals surface area (Å²) >= 11 is 12.2. The molecule has 1 aliphatic rings. The number of carbonyl (C=O) groups is 2. The number of rotatable bonds is 6. The first kappa shape index (κ1) is 23.8. The average molecular weight is 500 g/mol. The van der Waals surface area contributed by atoms with Crippen LogP contribution in [0.2, 0.25) is 10.0 Å². The number of hydrogen-bond donors (Lipinski definition) is 1. The molecule has 1 aliphatic heterocycles. The van der Waals surface area contributed by atoms with Crippen LogP contribution in [0.5, 0.6) is 5.75 Å². The van der Waals surface area contributed by atoms with Gasteiger partial charge in [-0.05, 0) is 60.0 Å². The topological polar surface area (TPSA) is 66.8 Å². The summed E-state index contributed by atoms with van der Waals surface area (Å²) in [5, 5.41) is 12.1. The van der Waals surface area contributed by atoms with Crippen LogP contribution in [0, 0.1) is 5.82 Å². The number of halogens is 3. The number of benzene rings is 3. The molecule has 0 bridgehead atoms. The van der Waals surface area contributed by atoms with Gasteiger partial charge in [-0.15, -0.1) is 0 Å². The Hall–Kier alpha value is -3.35. The van der Waals surface area contributed by atoms with E-state index >= 15 is 0 Å². The van der Waals surface area contributed by atoms with Crippen molar-refractivity contribution in [2.24, 2.45) is 0 Å². The molecule has 3 aromatic rings. The first-order chi connectivity index (χ1) is 16.3. The number of Topliss-reactive ketones (excluding diaryl/α,β-unsaturated/α-hetero) is 1. The van der Waals surface area contributed by atoms with Gasteiger partial charge in [0.2, 0.25) is 0 Å². The number of hydrogen-bond acceptors (Lipinski definition) is 4. The lowest BCUT2D eigenvalue weighted by atomic mass is 9.95. The van der Waals surface area contributed by atoms with Crippen molar-refractivity contribution < 1.29 is 23.8 Å². The van der Waals surface area contributed by atoms with Crippen LogP contribution in [0.3, 0.4) is 0 Å². The highest BCUT2D eigenvalue weighted by molar-refractivity contribution is 6.46. The second-order valence-electron chi connectivity index (χ2n) is 7.77. The van der Waals surface area contributed by atoms with Crippen LogP contribution in [0.4, 0.5) is 4.39 Å². The van der Waals surface area contributed by atoms with E-state index in [-0.39, 0.29) is 29.3 Å². The maximum absolute atomic E-state index is 13.3. The summed E-state index contributed by atoms with van der Waals surface area (Å²) in [6, 6.07) is 16.4. The van der Waals surface area contributed by atoms with Gasteiger partial charge in [0.05, 0.1) is 24.3 Å². The first-order valence-corrected chi connectivity index (χ1v) is 11.2. The summed E-state index contributed by atoms with van der Waals surface area (Å²) in [6.45, 7) is 0.174. The van der Waals surface area contributed by atoms with E-state index in [1.54, 1.807) is 48.5 Å². The average Bonchev–Trinajstić information content (AvgIpc) is 3.08. The Bertz CT molecular complexity index is 1270. The molecule has 1 heterocycles. The molecule has 34 heavy (non-hydrogen) atoms. The molecule has 1 amide bonds. The lowest BCUT2D eigenvalue weighted by molar-refractivity contribution is -0.139. The normalized spacial score (nSPS) is 17.3. The number of carbonyl (C=O) groups excluding carboxylic acids is 2. The van der Waals surface area contributed by atoms with Gasteiger partial charge >= 0.3 is 0 Å². The van der Waals surface area contributed by atoms with E-state index in [1.165, 1.54) is 30.2 Å². The lowest BCUT2D eigenvalue weighted by Crippen LogP contribution is -2.31. The molecule has 1 unspecified atom stereocenters. The minimum Gasteiger partial charge on any atom is -0.507 e. The molecule has 174 valence electrons. The van der Waals surface area contributed by atoms with E-state index < -0.39 is 17.7 Å². The SMILES string of the molecule is COc1ccc(Cl)cc1/C(O)=C1\C(=O)C(=O)N(CCc2ccc(F)cc2)C1c1ccc(Cl)cc1. The number of aliphatic hydroxyl groups is 1. The van der Waals surface area contributed by atoms with Gasteiger partial charge in [0.25, 0.3) is 11.7 Å². The monoisotopic (exact) mass is 499 g/mol. The van der Waals surface area contributed by atoms with Gasteiger partial charge < -0.3 is 14.7 Å². The summed E-state index contributed by atoms with van der Waals surface area (Å²) in [5.41, 5.74) is 1.53. The highest BCUT2D eigenvalue weighted by Gasteiger charge is 2.46. The van der Waals surface area contributed by atoms with Gasteiger partial charge in [-0.3, -0.25) is 9.59 Å². The van der Waals surface area contributed by atoms with E-state index in [0.29, 0.717) is 27.8 Å². The van der Waals surface area contributed by atoms with Crippen molar-refractivity contribution in [1.29, 1.82) is 0 Å². The summed E-state index contributed by atoms with van der Waals surface area (Å²) in [6.07, 6.45) is 0.387. The maximum Gasteiger partial charge on any atom is 0.295 e. The van der Waals surface area contributed by atoms with Crippen molar-refractivity contribution in [3.63, 3.8) is 0 Å². The van der Waals surface area contributed by atoms with Crippen LogP contribution in [0.1, 0.15) is 22.7 Å². The summed E-state index contributed by atoms with van der Waals surface area (Å²) < 4.78 is 18.6. The van der Waals surface area contributed by atoms with E-state index in [1.807, 2.05) is 0 Å². The Morgan fingerprint density at radius 2 is 1.65 bits per heavy atom. The molecule has 1 saturated heterocycles. The van der Waals surface area contributed by atoms with Crippen molar-refractivity contribution in [2.75, 3.05) is 13.7 Å². The largest absolute Gasteiger partial charge is 0.507 e. The zero-order valence-electron chi connectivity index (χ0n) is 18.1. The molecule has 0 aromatic heterocycles. The van der Waals surface area contributed by atoms with Crippen LogP contribution in [0.25, 0.3) is 5.76 Å². The molecular formula is C26H20Cl2FNO4. The number of amides is 1. The van der Waals surface area contributed by atoms with Crippen molar-refractivity contribution in [1.82, 2.24) is 4.90 Å². The third kappa shape index (κ3) is 4.65. The Balaban J connectivity index is 1.81. The van der Waals surface area contributed by atoms with E-state index in [2.05, 4.69) is 0 Å². The molecule has 4 rings (SSSR count). The third-order valence-electron chi connectivity index (χ3n) is 5.70. The number of aliphatic hydroxyl groups excluding tert-OH is 1. The molecule has 0 spiro atoms. The Morgan fingerprint density at radius 1 is 1.00 bits per heavy atom. The number of likely N-dealkylation sites (tertiary alicyclic amines) is 1. The number of ketones is 1. The number of ether oxygens (including phenoxy) is 1. The van der Waals surface area contributed by atoms with Crippen molar-refractivity contribution in [2.45, 2.75) is 12.5 Å². The number of methoxy groups -OCH3 is 1. The Morgan fingerprint density at radius 3 is 2.29 bits per heavy atom. The molecule has 8 heteroatoms. The summed E-state index contributed by atoms with van der Waals surface area (Å²) in [5.74, 6) is -2.01. The van der Waals surface area contributed by atoms with Crippen molar-refractivity contribution in [3.05, 3.63) is 105 Å². The minimum absolute atomic E-state index is 0.0769. The van der Waals surface area contributed by atoms with Crippen LogP contribution in [0.15, 0.2) is 72.3 Å². The van der Waals surface area contributed by atoms with E-state index in [0.717, 1.165) is 5.56 Å². The standard InChI is InChI=1S/C26H20Cl2FNO4/c1-34-21-11-8-18(28)14-20(21)24(31)22-23(16-4-6-17(27)7-5-16)30(26(33)25(22)32)13-12-15-2-9-19(29)10-3-15/h2-11,14,23,31H,12-13H2,1H3/b24-22+. The van der Waals surface area contributed by atoms with Crippen molar-refractivity contribution >= 4 is 40.7 Å². The van der Waals surface area contributed by atoms with Gasteiger partial charge in [-0.25, -0.2) is 4.39 Å². The maximum atomic E-state index is 13.3. The highest BCUT2D eigenvalue weighted by atomic mass is 35.5. The predicted molar refractivity (Wildman–Crippen MR) is 129 cm³/mol. The second-order valence-corrected chi connectivity index (χ2v) is 8.64. The molecule has 3 aromatic carbocycles.